The van der Waals surface area contributed by atoms with Gasteiger partial charge >= 0.3 is 6.21 Å². The van der Waals surface area contributed by atoms with Crippen molar-refractivity contribution < 1.29 is 19.1 Å². The van der Waals surface area contributed by atoms with Crippen molar-refractivity contribution in [1.82, 2.24) is 5.32 Å². The van der Waals surface area contributed by atoms with Crippen molar-refractivity contribution in [3.63, 3.8) is 0 Å². The van der Waals surface area contributed by atoms with Gasteiger partial charge < -0.3 is 15.6 Å². The van der Waals surface area contributed by atoms with E-state index >= 15 is 0 Å². The molecule has 0 saturated carbocycles. The Balaban J connectivity index is 2.57. The summed E-state index contributed by atoms with van der Waals surface area (Å²) in [6.45, 7) is -0.213. The number of carbonyl (C=O) groups is 2. The van der Waals surface area contributed by atoms with Crippen molar-refractivity contribution in [3.05, 3.63) is 35.4 Å². The van der Waals surface area contributed by atoms with Crippen LogP contribution < -0.4 is 10.1 Å². The van der Waals surface area contributed by atoms with E-state index in [1.165, 1.54) is 7.11 Å². The molecule has 0 bridgehead atoms. The van der Waals surface area contributed by atoms with Gasteiger partial charge in [0.25, 0.3) is 11.7 Å². The molecular weight excluding hydrogens is 222 g/mol. The SMILES string of the molecule is COc1ccc(C(=O)NCC(=O)C=[N+]=[N-])cc1. The highest BCUT2D eigenvalue weighted by molar-refractivity contribution is 6.26. The van der Waals surface area contributed by atoms with E-state index in [1.54, 1.807) is 24.3 Å². The van der Waals surface area contributed by atoms with Crippen LogP contribution in [-0.2, 0) is 4.79 Å². The molecule has 88 valence electrons. The van der Waals surface area contributed by atoms with E-state index < -0.39 is 5.78 Å². The van der Waals surface area contributed by atoms with Crippen molar-refractivity contribution in [2.75, 3.05) is 13.7 Å². The first-order valence-corrected chi connectivity index (χ1v) is 4.80. The van der Waals surface area contributed by atoms with E-state index in [2.05, 4.69) is 10.1 Å². The van der Waals surface area contributed by atoms with Crippen LogP contribution in [0.3, 0.4) is 0 Å². The second kappa shape index (κ2) is 6.19. The van der Waals surface area contributed by atoms with Crippen molar-refractivity contribution in [1.29, 1.82) is 0 Å². The predicted octanol–water partition coefficient (Wildman–Crippen LogP) is 0.295. The fraction of sp³-hybridized carbons (Fsp3) is 0.182. The fourth-order valence-electron chi connectivity index (χ4n) is 1.12. The average molecular weight is 233 g/mol. The molecule has 0 radical (unpaired) electrons. The summed E-state index contributed by atoms with van der Waals surface area (Å²) in [5.41, 5.74) is 8.51. The number of hydrogen-bond acceptors (Lipinski definition) is 3. The fourth-order valence-corrected chi connectivity index (χ4v) is 1.12. The molecule has 0 spiro atoms. The smallest absolute Gasteiger partial charge is 0.325 e. The molecule has 0 aliphatic carbocycles. The van der Waals surface area contributed by atoms with Gasteiger partial charge in [0.05, 0.1) is 13.7 Å². The lowest BCUT2D eigenvalue weighted by Crippen LogP contribution is -2.30. The summed E-state index contributed by atoms with van der Waals surface area (Å²) < 4.78 is 4.95. The second-order valence-corrected chi connectivity index (χ2v) is 3.12. The van der Waals surface area contributed by atoms with E-state index in [4.69, 9.17) is 10.3 Å². The number of ether oxygens (including phenoxy) is 1. The maximum atomic E-state index is 11.5. The minimum absolute atomic E-state index is 0.213. The summed E-state index contributed by atoms with van der Waals surface area (Å²) in [7, 11) is 1.53. The lowest BCUT2D eigenvalue weighted by molar-refractivity contribution is -0.115. The first kappa shape index (κ1) is 12.6. The van der Waals surface area contributed by atoms with Crippen LogP contribution in [0.15, 0.2) is 24.3 Å². The average Bonchev–Trinajstić information content (AvgIpc) is 2.36. The van der Waals surface area contributed by atoms with Gasteiger partial charge in [-0.3, -0.25) is 9.59 Å². The molecular formula is C11H11N3O3. The molecule has 0 unspecified atom stereocenters. The zero-order valence-electron chi connectivity index (χ0n) is 9.21. The molecule has 1 N–H and O–H groups in total. The number of rotatable bonds is 5. The molecule has 17 heavy (non-hydrogen) atoms. The Kier molecular flexibility index (Phi) is 4.59. The zero-order chi connectivity index (χ0) is 12.7. The summed E-state index contributed by atoms with van der Waals surface area (Å²) in [5.74, 6) is -0.230. The molecule has 0 heterocycles. The maximum absolute atomic E-state index is 11.5. The topological polar surface area (TPSA) is 91.8 Å². The van der Waals surface area contributed by atoms with Crippen LogP contribution in [0.4, 0.5) is 0 Å². The quantitative estimate of drug-likeness (QED) is 0.450. The molecule has 1 amide bonds. The van der Waals surface area contributed by atoms with E-state index in [0.717, 1.165) is 6.21 Å². The van der Waals surface area contributed by atoms with Crippen molar-refractivity contribution in [2.24, 2.45) is 0 Å². The third kappa shape index (κ3) is 3.89. The highest BCUT2D eigenvalue weighted by Crippen LogP contribution is 2.10. The largest absolute Gasteiger partial charge is 0.497 e. The third-order valence-corrected chi connectivity index (χ3v) is 1.98. The van der Waals surface area contributed by atoms with Gasteiger partial charge in [-0.2, -0.15) is 4.79 Å². The summed E-state index contributed by atoms with van der Waals surface area (Å²) in [4.78, 5) is 25.0. The molecule has 1 rings (SSSR count). The molecule has 1 aromatic carbocycles. The van der Waals surface area contributed by atoms with Gasteiger partial charge in [0.15, 0.2) is 0 Å². The van der Waals surface area contributed by atoms with Gasteiger partial charge in [0.1, 0.15) is 5.75 Å². The Bertz CT molecular complexity index is 461. The number of amides is 1. The maximum Gasteiger partial charge on any atom is 0.325 e. The molecule has 0 aliphatic rings. The summed E-state index contributed by atoms with van der Waals surface area (Å²) in [5, 5.41) is 2.39. The highest BCUT2D eigenvalue weighted by atomic mass is 16.5. The third-order valence-electron chi connectivity index (χ3n) is 1.98. The number of Topliss-reactive ketones (excluding diaryl/α,β-unsaturated/α-hetero) is 1. The molecule has 0 aromatic heterocycles. The Morgan fingerprint density at radius 3 is 2.59 bits per heavy atom. The van der Waals surface area contributed by atoms with Crippen LogP contribution in [0.2, 0.25) is 0 Å². The lowest BCUT2D eigenvalue weighted by Gasteiger charge is -2.03. The Morgan fingerprint density at radius 2 is 2.06 bits per heavy atom. The van der Waals surface area contributed by atoms with Gasteiger partial charge in [-0.15, -0.1) is 0 Å². The predicted molar refractivity (Wildman–Crippen MR) is 60.0 cm³/mol. The molecule has 0 atom stereocenters. The highest BCUT2D eigenvalue weighted by Gasteiger charge is 2.08. The van der Waals surface area contributed by atoms with E-state index in [1.807, 2.05) is 0 Å². The van der Waals surface area contributed by atoms with Crippen LogP contribution in [0.25, 0.3) is 5.53 Å². The summed E-state index contributed by atoms with van der Waals surface area (Å²) in [6.07, 6.45) is 0.730. The van der Waals surface area contributed by atoms with E-state index in [-0.39, 0.29) is 12.5 Å². The number of benzene rings is 1. The Morgan fingerprint density at radius 1 is 1.41 bits per heavy atom. The number of nitrogens with zero attached hydrogens (tertiary/aromatic N) is 2. The molecule has 0 aliphatic heterocycles. The molecule has 1 aromatic rings. The number of carbonyl (C=O) groups excluding carboxylic acids is 2. The van der Waals surface area contributed by atoms with E-state index in [9.17, 15) is 9.59 Å². The zero-order valence-corrected chi connectivity index (χ0v) is 9.21. The minimum Gasteiger partial charge on any atom is -0.497 e. The lowest BCUT2D eigenvalue weighted by atomic mass is 10.2. The first-order valence-electron chi connectivity index (χ1n) is 4.80. The van der Waals surface area contributed by atoms with Crippen LogP contribution in [0, 0.1) is 0 Å². The molecule has 6 nitrogen and oxygen atoms in total. The molecule has 0 fully saturated rings. The van der Waals surface area contributed by atoms with Crippen LogP contribution >= 0.6 is 0 Å². The van der Waals surface area contributed by atoms with E-state index in [0.29, 0.717) is 11.3 Å². The van der Waals surface area contributed by atoms with Gasteiger partial charge in [-0.1, -0.05) is 0 Å². The number of hydrogen-bond donors (Lipinski definition) is 1. The standard InChI is InChI=1S/C11H11N3O3/c1-17-10-4-2-8(3-5-10)11(16)13-6-9(15)7-14-12/h2-5,7H,6H2,1H3,(H,13,16). The number of nitrogens with one attached hydrogen (secondary N) is 1. The van der Waals surface area contributed by atoms with Crippen molar-refractivity contribution >= 4 is 17.9 Å². The summed E-state index contributed by atoms with van der Waals surface area (Å²) >= 11 is 0. The first-order chi connectivity index (χ1) is 8.17. The van der Waals surface area contributed by atoms with Crippen LogP contribution in [0.5, 0.6) is 5.75 Å². The molecule has 6 heteroatoms. The monoisotopic (exact) mass is 233 g/mol. The Labute approximate surface area is 97.8 Å². The minimum atomic E-state index is -0.491. The van der Waals surface area contributed by atoms with Crippen LogP contribution in [-0.4, -0.2) is 36.3 Å². The van der Waals surface area contributed by atoms with Gasteiger partial charge in [-0.05, 0) is 24.3 Å². The summed E-state index contributed by atoms with van der Waals surface area (Å²) in [6, 6.07) is 6.45. The van der Waals surface area contributed by atoms with Crippen molar-refractivity contribution in [3.8, 4) is 5.75 Å². The Hall–Kier alpha value is -2.46. The van der Waals surface area contributed by atoms with Crippen molar-refractivity contribution in [2.45, 2.75) is 0 Å². The van der Waals surface area contributed by atoms with Gasteiger partial charge in [0, 0.05) is 5.56 Å². The van der Waals surface area contributed by atoms with Gasteiger partial charge in [0.2, 0.25) is 0 Å². The van der Waals surface area contributed by atoms with Crippen LogP contribution in [0.1, 0.15) is 10.4 Å². The molecule has 0 saturated heterocycles. The van der Waals surface area contributed by atoms with Gasteiger partial charge in [-0.25, -0.2) is 0 Å². The number of methoxy groups -OCH3 is 1. The normalized spacial score (nSPS) is 9.00. The number of ketones is 1. The second-order valence-electron chi connectivity index (χ2n) is 3.12.